The van der Waals surface area contributed by atoms with Gasteiger partial charge in [0.15, 0.2) is 0 Å². The second-order valence-electron chi connectivity index (χ2n) is 11.8. The van der Waals surface area contributed by atoms with E-state index in [0.29, 0.717) is 5.56 Å². The molecule has 25 heteroatoms. The number of carboxylic acid groups (broad SMARTS) is 1. The molecular weight excluding hydrogens is 826 g/mol. The number of hydrogen-bond donors (Lipinski definition) is 9. The van der Waals surface area contributed by atoms with Gasteiger partial charge in [-0.25, -0.2) is 0 Å². The molecule has 0 bridgehead atoms. The Hall–Kier alpha value is -8.03. The lowest BCUT2D eigenvalue weighted by Crippen LogP contribution is -2.23. The van der Waals surface area contributed by atoms with Crippen LogP contribution in [0.3, 0.4) is 0 Å². The van der Waals surface area contributed by atoms with Gasteiger partial charge in [-0.2, -0.15) is 0 Å². The van der Waals surface area contributed by atoms with Gasteiger partial charge in [-0.3, -0.25) is 54.8 Å². The Morgan fingerprint density at radius 1 is 0.581 bits per heavy atom. The van der Waals surface area contributed by atoms with Crippen LogP contribution < -0.4 is 22.1 Å². The van der Waals surface area contributed by atoms with Crippen LogP contribution in [0, 0.1) is 40.5 Å². The van der Waals surface area contributed by atoms with E-state index in [2.05, 4.69) is 10.6 Å². The van der Waals surface area contributed by atoms with Crippen molar-refractivity contribution in [2.75, 3.05) is 21.1 Å². The number of nitrogens with two attached hydrogens (primary N) is 2. The van der Waals surface area contributed by atoms with Gasteiger partial charge < -0.3 is 52.5 Å². The number of aromatic hydroxyl groups is 4. The van der Waals surface area contributed by atoms with E-state index in [1.165, 1.54) is 98.6 Å². The Kier molecular flexibility index (Phi) is 26.4. The van der Waals surface area contributed by atoms with E-state index >= 15 is 0 Å². The van der Waals surface area contributed by atoms with Crippen LogP contribution in [-0.4, -0.2) is 89.1 Å². The van der Waals surface area contributed by atoms with Crippen LogP contribution in [0.25, 0.3) is 0 Å². The Labute approximate surface area is 353 Å². The van der Waals surface area contributed by atoms with E-state index in [1.807, 2.05) is 0 Å². The predicted molar refractivity (Wildman–Crippen MR) is 223 cm³/mol. The van der Waals surface area contributed by atoms with Gasteiger partial charge in [-0.05, 0) is 31.3 Å². The number of carbonyl (C=O) groups is 3. The molecule has 338 valence electrons. The monoisotopic (exact) mass is 875 g/mol. The smallest absolute Gasteiger partial charge is 0.300 e. The number of phenolic OH excluding ortho intramolecular Hbond substituents is 4. The molecule has 0 aromatic heterocycles. The summed E-state index contributed by atoms with van der Waals surface area (Å²) >= 11 is 0. The standard InChI is InChI=1S/C10H12N2O4.C8H10N2O3.2C7H8N2O3.C3H7NO.C2H4O2/c1-7(13)11(2)6-8-9(12(15)16)4-3-5-10(8)14;1-9-5-6-7(10(12)13)3-2-4-8(6)11;2*8-4-5-6(9(11)12)2-1-3-7(5)10;1-3(5)4-2;1-2(3)4/h3-5,14H,6H2,1-2H3;2-4,9,11H,5H2,1H3;2*1-3,10H,4,8H2;1-2H3,(H,4,5);1H3,(H,3,4). The summed E-state index contributed by atoms with van der Waals surface area (Å²) < 4.78 is 0. The lowest BCUT2D eigenvalue weighted by molar-refractivity contribution is -0.385. The largest absolute Gasteiger partial charge is 0.507 e. The first kappa shape index (κ1) is 56.1. The van der Waals surface area contributed by atoms with Gasteiger partial charge in [-0.15, -0.1) is 0 Å². The minimum atomic E-state index is -0.833. The summed E-state index contributed by atoms with van der Waals surface area (Å²) in [5.74, 6) is -1.55. The zero-order chi connectivity index (χ0) is 48.3. The highest BCUT2D eigenvalue weighted by Crippen LogP contribution is 2.29. The summed E-state index contributed by atoms with van der Waals surface area (Å²) in [7, 11) is 4.77. The molecule has 0 unspecified atom stereocenters. The van der Waals surface area contributed by atoms with Crippen molar-refractivity contribution in [2.45, 2.75) is 47.0 Å². The molecule has 0 fully saturated rings. The fraction of sp³-hybridized carbons (Fsp3) is 0.270. The quantitative estimate of drug-likeness (QED) is 0.0810. The number of benzene rings is 4. The Morgan fingerprint density at radius 3 is 1.06 bits per heavy atom. The molecule has 0 aliphatic rings. The lowest BCUT2D eigenvalue weighted by atomic mass is 10.1. The third-order valence-electron chi connectivity index (χ3n) is 7.34. The van der Waals surface area contributed by atoms with Gasteiger partial charge in [0.1, 0.15) is 23.0 Å². The van der Waals surface area contributed by atoms with E-state index in [4.69, 9.17) is 31.6 Å². The van der Waals surface area contributed by atoms with Gasteiger partial charge in [0.25, 0.3) is 28.7 Å². The van der Waals surface area contributed by atoms with Crippen molar-refractivity contribution in [1.82, 2.24) is 15.5 Å². The van der Waals surface area contributed by atoms with Gasteiger partial charge in [0.2, 0.25) is 11.8 Å². The van der Waals surface area contributed by atoms with Crippen LogP contribution in [0.2, 0.25) is 0 Å². The molecule has 25 nitrogen and oxygen atoms in total. The highest BCUT2D eigenvalue weighted by molar-refractivity contribution is 5.73. The van der Waals surface area contributed by atoms with Crippen LogP contribution in [-0.2, 0) is 40.6 Å². The third kappa shape index (κ3) is 20.6. The van der Waals surface area contributed by atoms with Gasteiger partial charge in [0, 0.05) is 78.8 Å². The SMILES string of the molecule is CC(=O)N(C)Cc1c(O)cccc1[N+](=O)[O-].CC(=O)O.CNC(C)=O.CNCc1c(O)cccc1[N+](=O)[O-].NCc1c(O)cccc1[N+](=O)[O-].NCc1c(O)cccc1[N+](=O)[O-]. The second kappa shape index (κ2) is 29.2. The van der Waals surface area contributed by atoms with Crippen molar-refractivity contribution in [3.8, 4) is 23.0 Å². The van der Waals surface area contributed by atoms with Crippen molar-refractivity contribution in [2.24, 2.45) is 11.5 Å². The molecule has 0 saturated heterocycles. The van der Waals surface area contributed by atoms with Crippen molar-refractivity contribution >= 4 is 40.5 Å². The van der Waals surface area contributed by atoms with Crippen LogP contribution >= 0.6 is 0 Å². The normalized spacial score (nSPS) is 9.35. The van der Waals surface area contributed by atoms with Crippen LogP contribution in [0.4, 0.5) is 22.7 Å². The maximum atomic E-state index is 11.0. The first-order chi connectivity index (χ1) is 28.9. The number of carboxylic acids is 1. The fourth-order valence-electron chi connectivity index (χ4n) is 4.22. The third-order valence-corrected chi connectivity index (χ3v) is 7.34. The van der Waals surface area contributed by atoms with Gasteiger partial charge >= 0.3 is 0 Å². The molecule has 0 aliphatic heterocycles. The minimum Gasteiger partial charge on any atom is -0.507 e. The zero-order valence-corrected chi connectivity index (χ0v) is 34.4. The maximum Gasteiger partial charge on any atom is 0.300 e. The van der Waals surface area contributed by atoms with Crippen molar-refractivity contribution in [1.29, 1.82) is 0 Å². The molecule has 62 heavy (non-hydrogen) atoms. The number of nitro benzene ring substituents is 4. The molecule has 4 aromatic rings. The summed E-state index contributed by atoms with van der Waals surface area (Å²) in [6.07, 6.45) is 0. The summed E-state index contributed by atoms with van der Waals surface area (Å²) in [6.45, 7) is 4.12. The second-order valence-corrected chi connectivity index (χ2v) is 11.8. The highest BCUT2D eigenvalue weighted by Gasteiger charge is 2.20. The average Bonchev–Trinajstić information content (AvgIpc) is 3.19. The summed E-state index contributed by atoms with van der Waals surface area (Å²) in [6, 6.07) is 16.5. The fourth-order valence-corrected chi connectivity index (χ4v) is 4.22. The van der Waals surface area contributed by atoms with Crippen molar-refractivity contribution < 1.29 is 59.6 Å². The first-order valence-corrected chi connectivity index (χ1v) is 17.4. The first-order valence-electron chi connectivity index (χ1n) is 17.4. The molecule has 2 amide bonds. The number of phenols is 4. The Balaban J connectivity index is 0. The minimum absolute atomic E-state index is 0.00463. The van der Waals surface area contributed by atoms with E-state index in [1.54, 1.807) is 14.1 Å². The van der Waals surface area contributed by atoms with Gasteiger partial charge in [-0.1, -0.05) is 24.3 Å². The van der Waals surface area contributed by atoms with E-state index in [9.17, 15) is 60.3 Å². The number of hydrogen-bond acceptors (Lipinski definition) is 18. The molecule has 0 radical (unpaired) electrons. The van der Waals surface area contributed by atoms with Crippen LogP contribution in [0.1, 0.15) is 43.0 Å². The molecular formula is C37H49N9O16. The number of nitrogens with one attached hydrogen (secondary N) is 2. The molecule has 0 spiro atoms. The van der Waals surface area contributed by atoms with E-state index in [-0.39, 0.29) is 100 Å². The number of nitro groups is 4. The molecule has 4 rings (SSSR count). The van der Waals surface area contributed by atoms with Gasteiger partial charge in [0.05, 0.1) is 48.5 Å². The number of rotatable bonds is 10. The number of amides is 2. The summed E-state index contributed by atoms with van der Waals surface area (Å²) in [5, 5.41) is 91.7. The topological polar surface area (TPSA) is 404 Å². The molecule has 0 heterocycles. The lowest BCUT2D eigenvalue weighted by Gasteiger charge is -2.15. The molecule has 11 N–H and O–H groups in total. The number of aliphatic carboxylic acids is 1. The van der Waals surface area contributed by atoms with Crippen molar-refractivity contribution in [3.63, 3.8) is 0 Å². The molecule has 0 saturated carbocycles. The highest BCUT2D eigenvalue weighted by atomic mass is 16.6. The maximum absolute atomic E-state index is 11.0. The molecule has 0 aliphatic carbocycles. The summed E-state index contributed by atoms with van der Waals surface area (Å²) in [4.78, 5) is 70.8. The summed E-state index contributed by atoms with van der Waals surface area (Å²) in [5.41, 5.74) is 10.7. The molecule has 4 aromatic carbocycles. The number of nitrogens with zero attached hydrogens (tertiary/aromatic N) is 5. The van der Waals surface area contributed by atoms with E-state index < -0.39 is 25.7 Å². The van der Waals surface area contributed by atoms with Crippen LogP contribution in [0.15, 0.2) is 72.8 Å². The predicted octanol–water partition coefficient (Wildman–Crippen LogP) is 3.66. The molecule has 0 atom stereocenters. The zero-order valence-electron chi connectivity index (χ0n) is 34.4. The number of carbonyl (C=O) groups excluding carboxylic acids is 2. The van der Waals surface area contributed by atoms with Crippen molar-refractivity contribution in [3.05, 3.63) is 136 Å². The Morgan fingerprint density at radius 2 is 0.839 bits per heavy atom. The van der Waals surface area contributed by atoms with E-state index in [0.717, 1.165) is 6.92 Å². The van der Waals surface area contributed by atoms with Crippen LogP contribution in [0.5, 0.6) is 23.0 Å². The average molecular weight is 876 g/mol. The Bertz CT molecular complexity index is 2090.